The molecular formula is C9H15N3O2. The normalized spacial score (nSPS) is 9.86. The van der Waals surface area contributed by atoms with Crippen LogP contribution in [0, 0.1) is 6.92 Å². The van der Waals surface area contributed by atoms with Gasteiger partial charge in [0.1, 0.15) is 6.26 Å². The summed E-state index contributed by atoms with van der Waals surface area (Å²) in [4.78, 5) is 15.2. The van der Waals surface area contributed by atoms with Gasteiger partial charge in [-0.2, -0.15) is 0 Å². The molecule has 0 fully saturated rings. The van der Waals surface area contributed by atoms with Crippen LogP contribution in [0.5, 0.6) is 0 Å². The van der Waals surface area contributed by atoms with Gasteiger partial charge in [0.2, 0.25) is 0 Å². The Kier molecular flexibility index (Phi) is 3.97. The number of hydrogen-bond acceptors (Lipinski definition) is 3. The van der Waals surface area contributed by atoms with Crippen LogP contribution in [0.4, 0.5) is 4.79 Å². The molecule has 0 bridgehead atoms. The fourth-order valence-electron chi connectivity index (χ4n) is 0.961. The SMILES string of the molecule is CCCNC(=O)NCc1coc(C)n1. The number of carbonyl (C=O) groups is 1. The number of aromatic nitrogens is 1. The Hall–Kier alpha value is -1.52. The third-order valence-corrected chi connectivity index (χ3v) is 1.63. The monoisotopic (exact) mass is 197 g/mol. The molecule has 0 unspecified atom stereocenters. The third kappa shape index (κ3) is 3.47. The van der Waals surface area contributed by atoms with Gasteiger partial charge in [0, 0.05) is 13.5 Å². The van der Waals surface area contributed by atoms with E-state index in [2.05, 4.69) is 15.6 Å². The van der Waals surface area contributed by atoms with Gasteiger partial charge >= 0.3 is 6.03 Å². The lowest BCUT2D eigenvalue weighted by Crippen LogP contribution is -2.35. The zero-order chi connectivity index (χ0) is 10.4. The van der Waals surface area contributed by atoms with Crippen molar-refractivity contribution in [1.82, 2.24) is 15.6 Å². The molecule has 1 aromatic heterocycles. The lowest BCUT2D eigenvalue weighted by Gasteiger charge is -2.03. The highest BCUT2D eigenvalue weighted by atomic mass is 16.3. The minimum Gasteiger partial charge on any atom is -0.449 e. The average Bonchev–Trinajstić information content (AvgIpc) is 2.58. The van der Waals surface area contributed by atoms with Crippen LogP contribution in [0.1, 0.15) is 24.9 Å². The minimum absolute atomic E-state index is 0.174. The van der Waals surface area contributed by atoms with Gasteiger partial charge in [-0.15, -0.1) is 0 Å². The highest BCUT2D eigenvalue weighted by Crippen LogP contribution is 1.98. The van der Waals surface area contributed by atoms with Crippen LogP contribution in [0.3, 0.4) is 0 Å². The Balaban J connectivity index is 2.23. The first-order chi connectivity index (χ1) is 6.72. The Bertz CT molecular complexity index is 296. The Labute approximate surface area is 82.9 Å². The van der Waals surface area contributed by atoms with Crippen molar-refractivity contribution in [1.29, 1.82) is 0 Å². The van der Waals surface area contributed by atoms with Gasteiger partial charge in [-0.25, -0.2) is 9.78 Å². The van der Waals surface area contributed by atoms with Gasteiger partial charge in [-0.3, -0.25) is 0 Å². The summed E-state index contributed by atoms with van der Waals surface area (Å²) in [6, 6.07) is -0.174. The minimum atomic E-state index is -0.174. The number of nitrogens with one attached hydrogen (secondary N) is 2. The molecule has 1 aromatic rings. The standard InChI is InChI=1S/C9H15N3O2/c1-3-4-10-9(13)11-5-8-6-14-7(2)12-8/h6H,3-5H2,1-2H3,(H2,10,11,13). The maximum Gasteiger partial charge on any atom is 0.315 e. The van der Waals surface area contributed by atoms with E-state index in [4.69, 9.17) is 4.42 Å². The zero-order valence-corrected chi connectivity index (χ0v) is 8.46. The maximum atomic E-state index is 11.1. The van der Waals surface area contributed by atoms with E-state index in [-0.39, 0.29) is 6.03 Å². The first-order valence-electron chi connectivity index (χ1n) is 4.65. The number of oxazole rings is 1. The predicted octanol–water partition coefficient (Wildman–Crippen LogP) is 1.19. The van der Waals surface area contributed by atoms with Crippen LogP contribution in [-0.4, -0.2) is 17.6 Å². The molecule has 78 valence electrons. The molecule has 0 spiro atoms. The molecule has 5 nitrogen and oxygen atoms in total. The van der Waals surface area contributed by atoms with Crippen LogP contribution in [0.2, 0.25) is 0 Å². The number of carbonyl (C=O) groups excluding carboxylic acids is 1. The number of amides is 2. The maximum absolute atomic E-state index is 11.1. The van der Waals surface area contributed by atoms with Crippen molar-refractivity contribution in [2.24, 2.45) is 0 Å². The van der Waals surface area contributed by atoms with E-state index in [1.807, 2.05) is 6.92 Å². The van der Waals surface area contributed by atoms with Crippen molar-refractivity contribution < 1.29 is 9.21 Å². The van der Waals surface area contributed by atoms with Crippen molar-refractivity contribution >= 4 is 6.03 Å². The van der Waals surface area contributed by atoms with E-state index >= 15 is 0 Å². The largest absolute Gasteiger partial charge is 0.449 e. The summed E-state index contributed by atoms with van der Waals surface area (Å²) < 4.78 is 5.00. The van der Waals surface area contributed by atoms with E-state index < -0.39 is 0 Å². The van der Waals surface area contributed by atoms with Gasteiger partial charge < -0.3 is 15.1 Å². The van der Waals surface area contributed by atoms with Crippen molar-refractivity contribution in [3.63, 3.8) is 0 Å². The summed E-state index contributed by atoms with van der Waals surface area (Å²) >= 11 is 0. The summed E-state index contributed by atoms with van der Waals surface area (Å²) in [7, 11) is 0. The molecule has 14 heavy (non-hydrogen) atoms. The molecule has 0 aliphatic rings. The van der Waals surface area contributed by atoms with Crippen LogP contribution < -0.4 is 10.6 Å². The second kappa shape index (κ2) is 5.26. The molecule has 2 N–H and O–H groups in total. The first-order valence-corrected chi connectivity index (χ1v) is 4.65. The van der Waals surface area contributed by atoms with Crippen LogP contribution >= 0.6 is 0 Å². The molecule has 0 saturated carbocycles. The zero-order valence-electron chi connectivity index (χ0n) is 8.46. The Morgan fingerprint density at radius 3 is 2.93 bits per heavy atom. The molecule has 0 aliphatic heterocycles. The van der Waals surface area contributed by atoms with E-state index in [1.54, 1.807) is 6.92 Å². The summed E-state index contributed by atoms with van der Waals surface area (Å²) in [5.74, 6) is 0.607. The number of rotatable bonds is 4. The quantitative estimate of drug-likeness (QED) is 0.762. The fourth-order valence-corrected chi connectivity index (χ4v) is 0.961. The highest BCUT2D eigenvalue weighted by molar-refractivity contribution is 5.73. The van der Waals surface area contributed by atoms with Crippen molar-refractivity contribution in [2.75, 3.05) is 6.54 Å². The highest BCUT2D eigenvalue weighted by Gasteiger charge is 2.02. The molecule has 0 saturated heterocycles. The second-order valence-corrected chi connectivity index (χ2v) is 2.97. The summed E-state index contributed by atoms with van der Waals surface area (Å²) in [5, 5.41) is 5.38. The summed E-state index contributed by atoms with van der Waals surface area (Å²) in [6.07, 6.45) is 2.46. The topological polar surface area (TPSA) is 67.2 Å². The molecule has 1 heterocycles. The summed E-state index contributed by atoms with van der Waals surface area (Å²) in [6.45, 7) is 4.85. The van der Waals surface area contributed by atoms with Gasteiger partial charge in [0.25, 0.3) is 0 Å². The van der Waals surface area contributed by atoms with E-state index in [9.17, 15) is 4.79 Å². The molecule has 2 amide bonds. The number of hydrogen-bond donors (Lipinski definition) is 2. The van der Waals surface area contributed by atoms with Gasteiger partial charge in [0.05, 0.1) is 12.2 Å². The van der Waals surface area contributed by atoms with Crippen molar-refractivity contribution in [3.05, 3.63) is 17.8 Å². The molecule has 0 aliphatic carbocycles. The molecular weight excluding hydrogens is 182 g/mol. The summed E-state index contributed by atoms with van der Waals surface area (Å²) in [5.41, 5.74) is 0.731. The third-order valence-electron chi connectivity index (χ3n) is 1.63. The lowest BCUT2D eigenvalue weighted by atomic mass is 10.4. The fraction of sp³-hybridized carbons (Fsp3) is 0.556. The van der Waals surface area contributed by atoms with E-state index in [0.29, 0.717) is 19.0 Å². The smallest absolute Gasteiger partial charge is 0.315 e. The average molecular weight is 197 g/mol. The van der Waals surface area contributed by atoms with E-state index in [1.165, 1.54) is 6.26 Å². The number of urea groups is 1. The number of nitrogens with zero attached hydrogens (tertiary/aromatic N) is 1. The van der Waals surface area contributed by atoms with E-state index in [0.717, 1.165) is 12.1 Å². The molecule has 1 rings (SSSR count). The van der Waals surface area contributed by atoms with Gasteiger partial charge in [-0.1, -0.05) is 6.92 Å². The molecule has 0 radical (unpaired) electrons. The predicted molar refractivity (Wildman–Crippen MR) is 51.8 cm³/mol. The second-order valence-electron chi connectivity index (χ2n) is 2.97. The van der Waals surface area contributed by atoms with Crippen LogP contribution in [0.15, 0.2) is 10.7 Å². The van der Waals surface area contributed by atoms with Gasteiger partial charge in [-0.05, 0) is 6.42 Å². The number of aryl methyl sites for hydroxylation is 1. The van der Waals surface area contributed by atoms with Crippen molar-refractivity contribution in [3.8, 4) is 0 Å². The lowest BCUT2D eigenvalue weighted by molar-refractivity contribution is 0.240. The van der Waals surface area contributed by atoms with Crippen molar-refractivity contribution in [2.45, 2.75) is 26.8 Å². The molecule has 5 heteroatoms. The van der Waals surface area contributed by atoms with Crippen LogP contribution in [0.25, 0.3) is 0 Å². The van der Waals surface area contributed by atoms with Gasteiger partial charge in [0.15, 0.2) is 5.89 Å². The first kappa shape index (κ1) is 10.6. The van der Waals surface area contributed by atoms with Crippen LogP contribution in [-0.2, 0) is 6.54 Å². The molecule has 0 aromatic carbocycles. The Morgan fingerprint density at radius 1 is 1.57 bits per heavy atom. The molecule has 0 atom stereocenters. The Morgan fingerprint density at radius 2 is 2.36 bits per heavy atom.